The summed E-state index contributed by atoms with van der Waals surface area (Å²) >= 11 is 0. The van der Waals surface area contributed by atoms with Crippen molar-refractivity contribution >= 4 is 19.2 Å². The van der Waals surface area contributed by atoms with E-state index in [2.05, 4.69) is 60.7 Å². The Morgan fingerprint density at radius 2 is 0.929 bits per heavy atom. The average Bonchev–Trinajstić information content (AvgIpc) is 2.21. The third-order valence-corrected chi connectivity index (χ3v) is 3.08. The molecule has 0 bridgehead atoms. The zero-order valence-corrected chi connectivity index (χ0v) is 11.2. The summed E-state index contributed by atoms with van der Waals surface area (Å²) in [7, 11) is 0.777. The van der Waals surface area contributed by atoms with E-state index in [1.807, 2.05) is 0 Å². The Bertz CT molecular complexity index is 321. The van der Waals surface area contributed by atoms with E-state index in [9.17, 15) is 0 Å². The summed E-state index contributed by atoms with van der Waals surface area (Å²) in [5, 5.41) is 2.79. The molecule has 0 amide bonds. The first-order chi connectivity index (χ1) is 6.45. The van der Waals surface area contributed by atoms with Crippen molar-refractivity contribution in [3.8, 4) is 0 Å². The molecule has 0 nitrogen and oxygen atoms in total. The minimum atomic E-state index is 0. The molecule has 0 aromatic heterocycles. The standard InChI is InChI=1S/C12H11P.Zr/c1-3-7-11(8-4-1)13-12-9-5-2-6-10-12;/h1-10,13H;/q;+4. The first-order valence-corrected chi connectivity index (χ1v) is 5.32. The summed E-state index contributed by atoms with van der Waals surface area (Å²) in [6, 6.07) is 21.2. The molecule has 0 spiro atoms. The normalized spacial score (nSPS) is 9.14. The smallest absolute Gasteiger partial charge is 0.0622 e. The van der Waals surface area contributed by atoms with Gasteiger partial charge in [0, 0.05) is 0 Å². The Morgan fingerprint density at radius 1 is 0.571 bits per heavy atom. The fourth-order valence-electron chi connectivity index (χ4n) is 1.21. The van der Waals surface area contributed by atoms with Crippen LogP contribution in [-0.4, -0.2) is 0 Å². The van der Waals surface area contributed by atoms with Crippen molar-refractivity contribution in [3.05, 3.63) is 60.7 Å². The Hall–Kier alpha value is -0.247. The molecule has 0 radical (unpaired) electrons. The van der Waals surface area contributed by atoms with Crippen LogP contribution in [0.15, 0.2) is 60.7 Å². The van der Waals surface area contributed by atoms with Gasteiger partial charge in [0.25, 0.3) is 0 Å². The van der Waals surface area contributed by atoms with Gasteiger partial charge in [0.05, 0.1) is 0 Å². The summed E-state index contributed by atoms with van der Waals surface area (Å²) in [4.78, 5) is 0. The van der Waals surface area contributed by atoms with Gasteiger partial charge in [0.1, 0.15) is 0 Å². The van der Waals surface area contributed by atoms with E-state index in [0.717, 1.165) is 8.58 Å². The zero-order valence-electron chi connectivity index (χ0n) is 7.77. The van der Waals surface area contributed by atoms with Gasteiger partial charge in [-0.1, -0.05) is 69.2 Å². The topological polar surface area (TPSA) is 0 Å². The van der Waals surface area contributed by atoms with Crippen molar-refractivity contribution in [1.82, 2.24) is 0 Å². The van der Waals surface area contributed by atoms with Crippen molar-refractivity contribution < 1.29 is 26.2 Å². The molecule has 2 aromatic carbocycles. The Balaban J connectivity index is 0.000000980. The van der Waals surface area contributed by atoms with Crippen LogP contribution in [0.1, 0.15) is 0 Å². The maximum absolute atomic E-state index is 2.17. The van der Waals surface area contributed by atoms with E-state index in [1.165, 1.54) is 10.6 Å². The monoisotopic (exact) mass is 276 g/mol. The molecule has 0 saturated heterocycles. The Morgan fingerprint density at radius 3 is 1.29 bits per heavy atom. The molecule has 0 atom stereocenters. The molecule has 0 aliphatic rings. The van der Waals surface area contributed by atoms with E-state index >= 15 is 0 Å². The van der Waals surface area contributed by atoms with Crippen LogP contribution in [0.2, 0.25) is 0 Å². The SMILES string of the molecule is [Zr+4].c1ccc(Pc2ccccc2)cc1. The first-order valence-electron chi connectivity index (χ1n) is 4.32. The van der Waals surface area contributed by atoms with Crippen LogP contribution in [0, 0.1) is 0 Å². The number of hydrogen-bond donors (Lipinski definition) is 0. The van der Waals surface area contributed by atoms with Crippen molar-refractivity contribution in [2.75, 3.05) is 0 Å². The van der Waals surface area contributed by atoms with Gasteiger partial charge in [0.2, 0.25) is 0 Å². The van der Waals surface area contributed by atoms with E-state index in [-0.39, 0.29) is 26.2 Å². The molecule has 0 unspecified atom stereocenters. The number of rotatable bonds is 2. The van der Waals surface area contributed by atoms with Crippen LogP contribution in [0.3, 0.4) is 0 Å². The van der Waals surface area contributed by atoms with E-state index in [0.29, 0.717) is 0 Å². The molecular formula is C12H11PZr+4. The summed E-state index contributed by atoms with van der Waals surface area (Å²) < 4.78 is 0. The number of hydrogen-bond acceptors (Lipinski definition) is 0. The fourth-order valence-corrected chi connectivity index (χ4v) is 2.26. The molecule has 0 aliphatic carbocycles. The van der Waals surface area contributed by atoms with Gasteiger partial charge >= 0.3 is 26.2 Å². The van der Waals surface area contributed by atoms with Gasteiger partial charge in [-0.25, -0.2) is 0 Å². The van der Waals surface area contributed by atoms with E-state index in [1.54, 1.807) is 0 Å². The predicted molar refractivity (Wildman–Crippen MR) is 60.5 cm³/mol. The van der Waals surface area contributed by atoms with Crippen molar-refractivity contribution in [3.63, 3.8) is 0 Å². The molecule has 0 fully saturated rings. The van der Waals surface area contributed by atoms with Crippen LogP contribution >= 0.6 is 8.58 Å². The van der Waals surface area contributed by atoms with Gasteiger partial charge in [-0.05, 0) is 10.6 Å². The third kappa shape index (κ3) is 3.48. The second kappa shape index (κ2) is 6.28. The summed E-state index contributed by atoms with van der Waals surface area (Å²) in [5.74, 6) is 0. The van der Waals surface area contributed by atoms with Crippen LogP contribution in [0.4, 0.5) is 0 Å². The maximum Gasteiger partial charge on any atom is 4.00 e. The number of benzene rings is 2. The van der Waals surface area contributed by atoms with Crippen molar-refractivity contribution in [2.24, 2.45) is 0 Å². The molecule has 0 N–H and O–H groups in total. The third-order valence-electron chi connectivity index (χ3n) is 1.84. The van der Waals surface area contributed by atoms with Crippen molar-refractivity contribution in [2.45, 2.75) is 0 Å². The second-order valence-corrected chi connectivity index (χ2v) is 4.26. The van der Waals surface area contributed by atoms with Gasteiger partial charge in [0.15, 0.2) is 0 Å². The summed E-state index contributed by atoms with van der Waals surface area (Å²) in [5.41, 5.74) is 0. The summed E-state index contributed by atoms with van der Waals surface area (Å²) in [6.45, 7) is 0. The van der Waals surface area contributed by atoms with E-state index in [4.69, 9.17) is 0 Å². The largest absolute Gasteiger partial charge is 4.00 e. The van der Waals surface area contributed by atoms with Crippen LogP contribution < -0.4 is 10.6 Å². The van der Waals surface area contributed by atoms with Crippen LogP contribution in [0.25, 0.3) is 0 Å². The van der Waals surface area contributed by atoms with Gasteiger partial charge < -0.3 is 0 Å². The van der Waals surface area contributed by atoms with Gasteiger partial charge in [-0.3, -0.25) is 0 Å². The molecular weight excluding hydrogens is 266 g/mol. The fraction of sp³-hybridized carbons (Fsp3) is 0. The molecule has 2 rings (SSSR count). The molecule has 2 aromatic rings. The van der Waals surface area contributed by atoms with Gasteiger partial charge in [-0.2, -0.15) is 0 Å². The van der Waals surface area contributed by atoms with Crippen molar-refractivity contribution in [1.29, 1.82) is 0 Å². The predicted octanol–water partition coefficient (Wildman–Crippen LogP) is 2.31. The van der Waals surface area contributed by atoms with Crippen LogP contribution in [0.5, 0.6) is 0 Å². The van der Waals surface area contributed by atoms with Crippen LogP contribution in [-0.2, 0) is 26.2 Å². The van der Waals surface area contributed by atoms with E-state index < -0.39 is 0 Å². The molecule has 0 heterocycles. The average molecular weight is 277 g/mol. The second-order valence-electron chi connectivity index (χ2n) is 2.86. The maximum atomic E-state index is 2.17. The quantitative estimate of drug-likeness (QED) is 0.739. The molecule has 14 heavy (non-hydrogen) atoms. The summed E-state index contributed by atoms with van der Waals surface area (Å²) in [6.07, 6.45) is 0. The zero-order chi connectivity index (χ0) is 8.93. The minimum Gasteiger partial charge on any atom is -0.0622 e. The Kier molecular flexibility index (Phi) is 5.30. The molecule has 0 aliphatic heterocycles. The Labute approximate surface area is 106 Å². The first kappa shape index (κ1) is 11.8. The molecule has 0 saturated carbocycles. The molecule has 64 valence electrons. The molecule has 2 heteroatoms. The van der Waals surface area contributed by atoms with Gasteiger partial charge in [-0.15, -0.1) is 0 Å². The minimum absolute atomic E-state index is 0.